The highest BCUT2D eigenvalue weighted by Gasteiger charge is 2.13. The molecule has 5 nitrogen and oxygen atoms in total. The summed E-state index contributed by atoms with van der Waals surface area (Å²) in [6, 6.07) is 2.45. The summed E-state index contributed by atoms with van der Waals surface area (Å²) in [4.78, 5) is 16.0. The van der Waals surface area contributed by atoms with Crippen LogP contribution in [0.4, 0.5) is 0 Å². The predicted octanol–water partition coefficient (Wildman–Crippen LogP) is 0.741. The van der Waals surface area contributed by atoms with Crippen LogP contribution in [0, 0.1) is 0 Å². The predicted molar refractivity (Wildman–Crippen MR) is 51.2 cm³/mol. The van der Waals surface area contributed by atoms with Gasteiger partial charge in [-0.2, -0.15) is 0 Å². The summed E-state index contributed by atoms with van der Waals surface area (Å²) >= 11 is 0. The van der Waals surface area contributed by atoms with Gasteiger partial charge in [0.05, 0.1) is 6.42 Å². The Morgan fingerprint density at radius 3 is 2.40 bits per heavy atom. The molecule has 2 N–H and O–H groups in total. The Morgan fingerprint density at radius 2 is 1.93 bits per heavy atom. The third-order valence-corrected chi connectivity index (χ3v) is 1.96. The second kappa shape index (κ2) is 3.53. The lowest BCUT2D eigenvalue weighted by atomic mass is 10.1. The van der Waals surface area contributed by atoms with Crippen molar-refractivity contribution in [3.8, 4) is 11.8 Å². The maximum Gasteiger partial charge on any atom is 0.337 e. The molecule has 0 saturated heterocycles. The summed E-state index contributed by atoms with van der Waals surface area (Å²) in [6.45, 7) is 0. The SMILES string of the molecule is O=C(CC1=CC=C1)On1c(O)ccc1O. The van der Waals surface area contributed by atoms with Crippen LogP contribution in [0.1, 0.15) is 6.42 Å². The zero-order chi connectivity index (χ0) is 10.8. The molecule has 0 bridgehead atoms. The minimum absolute atomic E-state index is 0.119. The molecule has 1 aliphatic rings. The number of carbonyl (C=O) groups is 1. The van der Waals surface area contributed by atoms with Gasteiger partial charge in [0.2, 0.25) is 11.8 Å². The van der Waals surface area contributed by atoms with E-state index in [1.54, 1.807) is 12.2 Å². The van der Waals surface area contributed by atoms with Gasteiger partial charge in [-0.3, -0.25) is 0 Å². The van der Waals surface area contributed by atoms with Crippen LogP contribution >= 0.6 is 0 Å². The van der Waals surface area contributed by atoms with E-state index in [2.05, 4.69) is 0 Å². The van der Waals surface area contributed by atoms with E-state index in [1.807, 2.05) is 6.08 Å². The zero-order valence-electron chi connectivity index (χ0n) is 7.75. The van der Waals surface area contributed by atoms with E-state index in [0.717, 1.165) is 5.57 Å². The van der Waals surface area contributed by atoms with Crippen molar-refractivity contribution in [3.63, 3.8) is 0 Å². The van der Waals surface area contributed by atoms with Crippen molar-refractivity contribution in [2.45, 2.75) is 6.42 Å². The van der Waals surface area contributed by atoms with E-state index in [9.17, 15) is 15.0 Å². The lowest BCUT2D eigenvalue weighted by Crippen LogP contribution is -2.19. The number of nitrogens with zero attached hydrogens (tertiary/aromatic N) is 1. The molecule has 5 heteroatoms. The monoisotopic (exact) mass is 207 g/mol. The molecule has 0 aromatic carbocycles. The molecule has 0 amide bonds. The van der Waals surface area contributed by atoms with E-state index < -0.39 is 5.97 Å². The minimum Gasteiger partial charge on any atom is -0.492 e. The summed E-state index contributed by atoms with van der Waals surface area (Å²) < 4.78 is 0.672. The van der Waals surface area contributed by atoms with E-state index in [4.69, 9.17) is 4.84 Å². The van der Waals surface area contributed by atoms with Gasteiger partial charge in [-0.1, -0.05) is 18.2 Å². The molecule has 1 aromatic rings. The Morgan fingerprint density at radius 1 is 1.33 bits per heavy atom. The highest BCUT2D eigenvalue weighted by Crippen LogP contribution is 2.19. The maximum atomic E-state index is 11.3. The molecule has 0 fully saturated rings. The van der Waals surface area contributed by atoms with Crippen LogP contribution in [0.2, 0.25) is 0 Å². The lowest BCUT2D eigenvalue weighted by Gasteiger charge is -2.08. The summed E-state index contributed by atoms with van der Waals surface area (Å²) in [5.74, 6) is -1.19. The van der Waals surface area contributed by atoms with Gasteiger partial charge in [0.1, 0.15) is 0 Å². The van der Waals surface area contributed by atoms with E-state index in [0.29, 0.717) is 4.73 Å². The Balaban J connectivity index is 1.99. The number of hydrogen-bond acceptors (Lipinski definition) is 4. The first-order valence-corrected chi connectivity index (χ1v) is 4.35. The Hall–Kier alpha value is -2.17. The van der Waals surface area contributed by atoms with Gasteiger partial charge in [0, 0.05) is 12.1 Å². The highest BCUT2D eigenvalue weighted by atomic mass is 16.7. The van der Waals surface area contributed by atoms with Crippen molar-refractivity contribution in [1.82, 2.24) is 4.73 Å². The van der Waals surface area contributed by atoms with Crippen molar-refractivity contribution in [1.29, 1.82) is 0 Å². The van der Waals surface area contributed by atoms with Gasteiger partial charge < -0.3 is 15.1 Å². The first-order valence-electron chi connectivity index (χ1n) is 4.35. The molecule has 1 heterocycles. The fourth-order valence-corrected chi connectivity index (χ4v) is 1.15. The van der Waals surface area contributed by atoms with Crippen LogP contribution in [0.15, 0.2) is 35.9 Å². The Bertz CT molecular complexity index is 436. The Kier molecular flexibility index (Phi) is 2.21. The van der Waals surface area contributed by atoms with Gasteiger partial charge in [0.15, 0.2) is 0 Å². The van der Waals surface area contributed by atoms with Gasteiger partial charge in [-0.05, 0) is 5.57 Å². The molecular formula is C10H9NO4. The number of aromatic nitrogens is 1. The smallest absolute Gasteiger partial charge is 0.337 e. The average Bonchev–Trinajstić information content (AvgIpc) is 2.43. The van der Waals surface area contributed by atoms with E-state index in [1.165, 1.54) is 12.1 Å². The average molecular weight is 207 g/mol. The van der Waals surface area contributed by atoms with Gasteiger partial charge in [0.25, 0.3) is 0 Å². The van der Waals surface area contributed by atoms with Crippen molar-refractivity contribution in [2.24, 2.45) is 0 Å². The van der Waals surface area contributed by atoms with E-state index in [-0.39, 0.29) is 18.2 Å². The molecule has 0 atom stereocenters. The molecule has 1 aromatic heterocycles. The maximum absolute atomic E-state index is 11.3. The van der Waals surface area contributed by atoms with Gasteiger partial charge in [-0.25, -0.2) is 4.79 Å². The van der Waals surface area contributed by atoms with Crippen molar-refractivity contribution in [2.75, 3.05) is 0 Å². The minimum atomic E-state index is -0.549. The molecule has 0 unspecified atom stereocenters. The van der Waals surface area contributed by atoms with E-state index >= 15 is 0 Å². The van der Waals surface area contributed by atoms with Crippen LogP contribution in [0.3, 0.4) is 0 Å². The molecule has 15 heavy (non-hydrogen) atoms. The molecule has 2 rings (SSSR count). The normalized spacial score (nSPS) is 13.2. The molecule has 0 radical (unpaired) electrons. The fraction of sp³-hybridized carbons (Fsp3) is 0.100. The quantitative estimate of drug-likeness (QED) is 0.766. The molecular weight excluding hydrogens is 198 g/mol. The number of rotatable bonds is 3. The van der Waals surface area contributed by atoms with Crippen molar-refractivity contribution < 1.29 is 19.8 Å². The van der Waals surface area contributed by atoms with Crippen LogP contribution in [-0.4, -0.2) is 20.9 Å². The third-order valence-electron chi connectivity index (χ3n) is 1.96. The summed E-state index contributed by atoms with van der Waals surface area (Å²) in [5.41, 5.74) is 0.853. The van der Waals surface area contributed by atoms with Crippen LogP contribution in [0.25, 0.3) is 0 Å². The first-order chi connectivity index (χ1) is 7.16. The molecule has 1 aliphatic carbocycles. The molecule has 0 spiro atoms. The highest BCUT2D eigenvalue weighted by molar-refractivity contribution is 5.74. The lowest BCUT2D eigenvalue weighted by molar-refractivity contribution is -0.144. The van der Waals surface area contributed by atoms with Gasteiger partial charge in [-0.15, -0.1) is 4.73 Å². The topological polar surface area (TPSA) is 71.7 Å². The summed E-state index contributed by atoms with van der Waals surface area (Å²) in [7, 11) is 0. The second-order valence-electron chi connectivity index (χ2n) is 3.08. The number of hydrogen-bond donors (Lipinski definition) is 2. The van der Waals surface area contributed by atoms with Crippen molar-refractivity contribution in [3.05, 3.63) is 35.9 Å². The first kappa shape index (κ1) is 9.39. The van der Waals surface area contributed by atoms with Crippen molar-refractivity contribution >= 4 is 5.97 Å². The second-order valence-corrected chi connectivity index (χ2v) is 3.08. The standard InChI is InChI=1S/C10H9NO4/c12-8-4-5-9(13)11(8)15-10(14)6-7-2-1-3-7/h1-5,12-13H,6H2. The fourth-order valence-electron chi connectivity index (χ4n) is 1.15. The van der Waals surface area contributed by atoms with Gasteiger partial charge >= 0.3 is 5.97 Å². The molecule has 78 valence electrons. The molecule has 0 aliphatic heterocycles. The summed E-state index contributed by atoms with van der Waals surface area (Å²) in [6.07, 6.45) is 5.51. The third kappa shape index (κ3) is 1.85. The van der Waals surface area contributed by atoms with Crippen LogP contribution < -0.4 is 4.84 Å². The number of aromatic hydroxyl groups is 2. The molecule has 0 saturated carbocycles. The largest absolute Gasteiger partial charge is 0.492 e. The number of allylic oxidation sites excluding steroid dienone is 3. The zero-order valence-corrected chi connectivity index (χ0v) is 7.75. The van der Waals surface area contributed by atoms with Crippen LogP contribution in [-0.2, 0) is 4.79 Å². The number of carbonyl (C=O) groups excluding carboxylic acids is 1. The summed E-state index contributed by atoms with van der Waals surface area (Å²) in [5, 5.41) is 18.4. The Labute approximate surface area is 85.5 Å². The van der Waals surface area contributed by atoms with Crippen LogP contribution in [0.5, 0.6) is 11.8 Å².